The number of hydrogen-bond donors (Lipinski definition) is 3. The summed E-state index contributed by atoms with van der Waals surface area (Å²) in [6, 6.07) is 12.9. The van der Waals surface area contributed by atoms with E-state index in [1.54, 1.807) is 11.3 Å². The van der Waals surface area contributed by atoms with Crippen LogP contribution in [0.4, 0.5) is 5.13 Å². The van der Waals surface area contributed by atoms with E-state index in [1.807, 2.05) is 47.8 Å². The van der Waals surface area contributed by atoms with Gasteiger partial charge in [0, 0.05) is 24.1 Å². The Hall–Kier alpha value is -3.04. The lowest BCUT2D eigenvalue weighted by atomic mass is 10.0. The summed E-state index contributed by atoms with van der Waals surface area (Å²) < 4.78 is 0. The Balaban J connectivity index is 1.62. The van der Waals surface area contributed by atoms with Gasteiger partial charge in [-0.1, -0.05) is 30.3 Å². The smallest absolute Gasteiger partial charge is 0.228 e. The third-order valence-corrected chi connectivity index (χ3v) is 6.01. The number of hydrogen-bond acceptors (Lipinski definition) is 6. The number of carbonyl (C=O) groups excluding carboxylic acids is 3. The van der Waals surface area contributed by atoms with Gasteiger partial charge in [-0.15, -0.1) is 22.7 Å². The van der Waals surface area contributed by atoms with Gasteiger partial charge in [0.15, 0.2) is 5.13 Å². The minimum atomic E-state index is -0.406. The molecule has 0 saturated carbocycles. The molecular formula is C21H22N4O3S2. The first-order valence-corrected chi connectivity index (χ1v) is 11.0. The third-order valence-electron chi connectivity index (χ3n) is 4.15. The van der Waals surface area contributed by atoms with Crippen LogP contribution in [-0.2, 0) is 20.9 Å². The second kappa shape index (κ2) is 10.1. The molecule has 30 heavy (non-hydrogen) atoms. The number of nitrogens with zero attached hydrogens (tertiary/aromatic N) is 1. The summed E-state index contributed by atoms with van der Waals surface area (Å²) in [7, 11) is 0. The van der Waals surface area contributed by atoms with Crippen LogP contribution in [0.2, 0.25) is 0 Å². The number of anilines is 1. The number of nitrogens with one attached hydrogen (secondary N) is 3. The van der Waals surface area contributed by atoms with Crippen LogP contribution in [0.25, 0.3) is 10.6 Å². The highest BCUT2D eigenvalue weighted by Crippen LogP contribution is 2.31. The van der Waals surface area contributed by atoms with Gasteiger partial charge in [-0.3, -0.25) is 14.4 Å². The number of thiazole rings is 1. The fourth-order valence-corrected chi connectivity index (χ4v) is 4.51. The van der Waals surface area contributed by atoms with Gasteiger partial charge in [-0.25, -0.2) is 4.98 Å². The zero-order chi connectivity index (χ0) is 21.5. The van der Waals surface area contributed by atoms with Gasteiger partial charge < -0.3 is 16.0 Å². The second-order valence-electron chi connectivity index (χ2n) is 6.63. The Kier molecular flexibility index (Phi) is 7.31. The predicted octanol–water partition coefficient (Wildman–Crippen LogP) is 3.71. The average Bonchev–Trinajstić information content (AvgIpc) is 3.35. The molecule has 3 rings (SSSR count). The number of benzene rings is 1. The molecule has 3 N–H and O–H groups in total. The molecule has 3 aromatic rings. The van der Waals surface area contributed by atoms with Gasteiger partial charge >= 0.3 is 0 Å². The minimum Gasteiger partial charge on any atom is -0.351 e. The van der Waals surface area contributed by atoms with Crippen molar-refractivity contribution in [3.63, 3.8) is 0 Å². The monoisotopic (exact) mass is 442 g/mol. The maximum Gasteiger partial charge on any atom is 0.228 e. The number of thiophene rings is 1. The highest BCUT2D eigenvalue weighted by Gasteiger charge is 2.18. The standard InChI is InChI=1S/C21H22N4O3S2/c1-13(26)22-11-16-8-9-19(30-16)18-12-29-21(24-18)25-20(28)10-17(23-14(2)27)15-6-4-3-5-7-15/h3-9,12,17H,10-11H2,1-2H3,(H,22,26)(H,23,27)(H,24,25,28). The fourth-order valence-electron chi connectivity index (χ4n) is 2.81. The summed E-state index contributed by atoms with van der Waals surface area (Å²) in [4.78, 5) is 41.6. The quantitative estimate of drug-likeness (QED) is 0.495. The summed E-state index contributed by atoms with van der Waals surface area (Å²) >= 11 is 2.89. The molecular weight excluding hydrogens is 420 g/mol. The van der Waals surface area contributed by atoms with Gasteiger partial charge in [0.05, 0.1) is 29.6 Å². The van der Waals surface area contributed by atoms with E-state index in [0.29, 0.717) is 11.7 Å². The van der Waals surface area contributed by atoms with E-state index in [9.17, 15) is 14.4 Å². The van der Waals surface area contributed by atoms with Crippen LogP contribution < -0.4 is 16.0 Å². The molecule has 0 fully saturated rings. The molecule has 2 aromatic heterocycles. The second-order valence-corrected chi connectivity index (χ2v) is 8.66. The van der Waals surface area contributed by atoms with Gasteiger partial charge in [0.2, 0.25) is 17.7 Å². The lowest BCUT2D eigenvalue weighted by Gasteiger charge is -2.17. The largest absolute Gasteiger partial charge is 0.351 e. The lowest BCUT2D eigenvalue weighted by Crippen LogP contribution is -2.29. The first-order chi connectivity index (χ1) is 14.4. The summed E-state index contributed by atoms with van der Waals surface area (Å²) in [5.41, 5.74) is 1.64. The molecule has 9 heteroatoms. The van der Waals surface area contributed by atoms with Crippen LogP contribution in [0.15, 0.2) is 47.8 Å². The normalized spacial score (nSPS) is 11.5. The molecule has 0 saturated heterocycles. The highest BCUT2D eigenvalue weighted by atomic mass is 32.1. The van der Waals surface area contributed by atoms with E-state index in [1.165, 1.54) is 25.2 Å². The topological polar surface area (TPSA) is 100 Å². The first-order valence-electron chi connectivity index (χ1n) is 9.31. The Morgan fingerprint density at radius 1 is 1.03 bits per heavy atom. The molecule has 3 amide bonds. The molecule has 0 aliphatic carbocycles. The SMILES string of the molecule is CC(=O)NCc1ccc(-c2csc(NC(=O)CC(NC(C)=O)c3ccccc3)n2)s1. The van der Waals surface area contributed by atoms with Crippen LogP contribution in [0.5, 0.6) is 0 Å². The van der Waals surface area contributed by atoms with Gasteiger partial charge in [0.1, 0.15) is 0 Å². The summed E-state index contributed by atoms with van der Waals surface area (Å²) in [6.07, 6.45) is 0.109. The zero-order valence-electron chi connectivity index (χ0n) is 16.6. The van der Waals surface area contributed by atoms with Crippen molar-refractivity contribution in [2.24, 2.45) is 0 Å². The molecule has 1 unspecified atom stereocenters. The molecule has 1 atom stereocenters. The van der Waals surface area contributed by atoms with Crippen molar-refractivity contribution in [1.29, 1.82) is 0 Å². The Labute approximate surface area is 182 Å². The van der Waals surface area contributed by atoms with Crippen molar-refractivity contribution in [3.8, 4) is 10.6 Å². The average molecular weight is 443 g/mol. The van der Waals surface area contributed by atoms with Crippen molar-refractivity contribution in [3.05, 3.63) is 58.3 Å². The van der Waals surface area contributed by atoms with Gasteiger partial charge in [0.25, 0.3) is 0 Å². The molecule has 0 radical (unpaired) electrons. The summed E-state index contributed by atoms with van der Waals surface area (Å²) in [6.45, 7) is 3.40. The van der Waals surface area contributed by atoms with E-state index in [-0.39, 0.29) is 24.1 Å². The predicted molar refractivity (Wildman–Crippen MR) is 119 cm³/mol. The third kappa shape index (κ3) is 6.23. The Morgan fingerprint density at radius 3 is 2.50 bits per heavy atom. The van der Waals surface area contributed by atoms with E-state index < -0.39 is 6.04 Å². The van der Waals surface area contributed by atoms with Gasteiger partial charge in [-0.2, -0.15) is 0 Å². The zero-order valence-corrected chi connectivity index (χ0v) is 18.2. The lowest BCUT2D eigenvalue weighted by molar-refractivity contribution is -0.121. The Morgan fingerprint density at radius 2 is 1.80 bits per heavy atom. The number of aromatic nitrogens is 1. The fraction of sp³-hybridized carbons (Fsp3) is 0.238. The first kappa shape index (κ1) is 21.7. The van der Waals surface area contributed by atoms with Gasteiger partial charge in [-0.05, 0) is 17.7 Å². The molecule has 2 heterocycles. The van der Waals surface area contributed by atoms with Crippen molar-refractivity contribution >= 4 is 45.5 Å². The van der Waals surface area contributed by atoms with Crippen molar-refractivity contribution in [2.75, 3.05) is 5.32 Å². The molecule has 7 nitrogen and oxygen atoms in total. The maximum absolute atomic E-state index is 12.5. The van der Waals surface area contributed by atoms with Crippen molar-refractivity contribution in [1.82, 2.24) is 15.6 Å². The van der Waals surface area contributed by atoms with Crippen LogP contribution in [-0.4, -0.2) is 22.7 Å². The minimum absolute atomic E-state index is 0.0725. The molecule has 156 valence electrons. The summed E-state index contributed by atoms with van der Waals surface area (Å²) in [5, 5.41) is 10.8. The van der Waals surface area contributed by atoms with Crippen molar-refractivity contribution in [2.45, 2.75) is 32.9 Å². The van der Waals surface area contributed by atoms with Crippen LogP contribution in [0.3, 0.4) is 0 Å². The number of rotatable bonds is 8. The van der Waals surface area contributed by atoms with E-state index in [0.717, 1.165) is 21.0 Å². The molecule has 0 bridgehead atoms. The number of carbonyl (C=O) groups is 3. The summed E-state index contributed by atoms with van der Waals surface area (Å²) in [5.74, 6) is -0.492. The maximum atomic E-state index is 12.5. The number of amides is 3. The highest BCUT2D eigenvalue weighted by molar-refractivity contribution is 7.17. The molecule has 0 aliphatic rings. The van der Waals surface area contributed by atoms with E-state index in [4.69, 9.17) is 0 Å². The van der Waals surface area contributed by atoms with E-state index in [2.05, 4.69) is 20.9 Å². The van der Waals surface area contributed by atoms with E-state index >= 15 is 0 Å². The van der Waals surface area contributed by atoms with Crippen LogP contribution >= 0.6 is 22.7 Å². The molecule has 0 spiro atoms. The molecule has 1 aromatic carbocycles. The van der Waals surface area contributed by atoms with Crippen molar-refractivity contribution < 1.29 is 14.4 Å². The molecule has 0 aliphatic heterocycles. The van der Waals surface area contributed by atoms with Crippen LogP contribution in [0.1, 0.15) is 36.8 Å². The van der Waals surface area contributed by atoms with Crippen LogP contribution in [0, 0.1) is 0 Å². The Bertz CT molecular complexity index is 1030.